The van der Waals surface area contributed by atoms with Gasteiger partial charge in [0.25, 0.3) is 5.91 Å². The highest BCUT2D eigenvalue weighted by atomic mass is 16.5. The molecule has 2 aromatic heterocycles. The summed E-state index contributed by atoms with van der Waals surface area (Å²) >= 11 is 0. The van der Waals surface area contributed by atoms with E-state index in [9.17, 15) is 4.79 Å². The minimum atomic E-state index is -0.268. The van der Waals surface area contributed by atoms with Crippen molar-refractivity contribution < 1.29 is 18.7 Å². The lowest BCUT2D eigenvalue weighted by atomic mass is 9.81. The number of ether oxygens (including phenoxy) is 2. The van der Waals surface area contributed by atoms with Gasteiger partial charge in [-0.15, -0.1) is 0 Å². The molecule has 0 bridgehead atoms. The molecule has 1 amide bonds. The van der Waals surface area contributed by atoms with Crippen LogP contribution in [0.1, 0.15) is 33.9 Å². The molecular formula is C20H24N2O4. The van der Waals surface area contributed by atoms with Crippen molar-refractivity contribution in [3.05, 3.63) is 53.2 Å². The largest absolute Gasteiger partial charge is 0.459 e. The van der Waals surface area contributed by atoms with Crippen LogP contribution in [0.4, 0.5) is 0 Å². The highest BCUT2D eigenvalue weighted by molar-refractivity contribution is 5.93. The molecular weight excluding hydrogens is 332 g/mol. The highest BCUT2D eigenvalue weighted by Gasteiger charge is 2.54. The van der Waals surface area contributed by atoms with Gasteiger partial charge in [-0.2, -0.15) is 0 Å². The lowest BCUT2D eigenvalue weighted by Crippen LogP contribution is -2.66. The van der Waals surface area contributed by atoms with Gasteiger partial charge in [-0.05, 0) is 38.5 Å². The van der Waals surface area contributed by atoms with Crippen molar-refractivity contribution in [1.29, 1.82) is 0 Å². The third-order valence-electron chi connectivity index (χ3n) is 5.38. The Labute approximate surface area is 153 Å². The maximum absolute atomic E-state index is 12.5. The van der Waals surface area contributed by atoms with Gasteiger partial charge in [0.15, 0.2) is 5.76 Å². The first-order valence-electron chi connectivity index (χ1n) is 9.05. The van der Waals surface area contributed by atoms with Crippen molar-refractivity contribution in [3.63, 3.8) is 0 Å². The second kappa shape index (κ2) is 6.85. The van der Waals surface area contributed by atoms with Crippen LogP contribution in [0.25, 0.3) is 0 Å². The quantitative estimate of drug-likeness (QED) is 0.824. The van der Waals surface area contributed by atoms with Gasteiger partial charge in [-0.25, -0.2) is 0 Å². The molecule has 4 rings (SSSR count). The molecule has 4 heterocycles. The van der Waals surface area contributed by atoms with Crippen LogP contribution in [0.2, 0.25) is 0 Å². The Kier molecular flexibility index (Phi) is 4.54. The number of aromatic nitrogens is 1. The van der Waals surface area contributed by atoms with Crippen LogP contribution in [-0.4, -0.2) is 47.7 Å². The van der Waals surface area contributed by atoms with Gasteiger partial charge in [0, 0.05) is 23.8 Å². The summed E-state index contributed by atoms with van der Waals surface area (Å²) in [7, 11) is 0. The van der Waals surface area contributed by atoms with Gasteiger partial charge in [-0.3, -0.25) is 9.78 Å². The number of aryl methyl sites for hydroxylation is 2. The van der Waals surface area contributed by atoms with Gasteiger partial charge in [0.05, 0.1) is 38.3 Å². The van der Waals surface area contributed by atoms with E-state index in [2.05, 4.69) is 4.98 Å². The Morgan fingerprint density at radius 2 is 2.19 bits per heavy atom. The number of amides is 1. The number of rotatable bonds is 5. The fourth-order valence-electron chi connectivity index (χ4n) is 3.83. The zero-order valence-electron chi connectivity index (χ0n) is 15.2. The first-order chi connectivity index (χ1) is 12.6. The first kappa shape index (κ1) is 17.2. The summed E-state index contributed by atoms with van der Waals surface area (Å²) in [6.07, 6.45) is 2.52. The zero-order chi connectivity index (χ0) is 18.1. The molecule has 6 heteroatoms. The van der Waals surface area contributed by atoms with E-state index in [0.717, 1.165) is 30.0 Å². The molecule has 0 N–H and O–H groups in total. The minimum absolute atomic E-state index is 0.0581. The Morgan fingerprint density at radius 3 is 2.92 bits per heavy atom. The Hall–Kier alpha value is -2.18. The van der Waals surface area contributed by atoms with Gasteiger partial charge in [-0.1, -0.05) is 6.07 Å². The SMILES string of the molecule is Cc1cccc(COC[C@H]2CCOC23CN(C(=O)c2occc2C)C3)n1. The molecule has 0 aromatic carbocycles. The van der Waals surface area contributed by atoms with E-state index < -0.39 is 0 Å². The van der Waals surface area contributed by atoms with E-state index in [1.165, 1.54) is 0 Å². The third kappa shape index (κ3) is 3.15. The summed E-state index contributed by atoms with van der Waals surface area (Å²) in [6, 6.07) is 7.76. The van der Waals surface area contributed by atoms with Crippen LogP contribution in [0.15, 0.2) is 34.9 Å². The predicted molar refractivity (Wildman–Crippen MR) is 94.8 cm³/mol. The summed E-state index contributed by atoms with van der Waals surface area (Å²) in [5.41, 5.74) is 2.54. The topological polar surface area (TPSA) is 64.8 Å². The van der Waals surface area contributed by atoms with E-state index >= 15 is 0 Å². The summed E-state index contributed by atoms with van der Waals surface area (Å²) in [5.74, 6) is 0.669. The smallest absolute Gasteiger partial charge is 0.290 e. The molecule has 2 aliphatic heterocycles. The molecule has 6 nitrogen and oxygen atoms in total. The third-order valence-corrected chi connectivity index (χ3v) is 5.38. The van der Waals surface area contributed by atoms with Crippen LogP contribution < -0.4 is 0 Å². The average Bonchev–Trinajstić information content (AvgIpc) is 3.19. The fourth-order valence-corrected chi connectivity index (χ4v) is 3.83. The number of pyridine rings is 1. The number of carbonyl (C=O) groups excluding carboxylic acids is 1. The fraction of sp³-hybridized carbons (Fsp3) is 0.500. The molecule has 0 radical (unpaired) electrons. The van der Waals surface area contributed by atoms with Gasteiger partial charge in [0.2, 0.25) is 0 Å². The molecule has 2 saturated heterocycles. The van der Waals surface area contributed by atoms with Gasteiger partial charge < -0.3 is 18.8 Å². The molecule has 2 aliphatic rings. The maximum atomic E-state index is 12.5. The van der Waals surface area contributed by atoms with Crippen molar-refractivity contribution in [2.75, 3.05) is 26.3 Å². The number of likely N-dealkylation sites (tertiary alicyclic amines) is 1. The maximum Gasteiger partial charge on any atom is 0.290 e. The molecule has 1 spiro atoms. The van der Waals surface area contributed by atoms with Crippen LogP contribution in [0.5, 0.6) is 0 Å². The average molecular weight is 356 g/mol. The van der Waals surface area contributed by atoms with Crippen LogP contribution in [0, 0.1) is 19.8 Å². The molecule has 0 aliphatic carbocycles. The number of hydrogen-bond acceptors (Lipinski definition) is 5. The van der Waals surface area contributed by atoms with E-state index in [-0.39, 0.29) is 11.5 Å². The van der Waals surface area contributed by atoms with Crippen molar-refractivity contribution in [1.82, 2.24) is 9.88 Å². The van der Waals surface area contributed by atoms with Crippen molar-refractivity contribution in [3.8, 4) is 0 Å². The molecule has 2 fully saturated rings. The van der Waals surface area contributed by atoms with Crippen LogP contribution in [-0.2, 0) is 16.1 Å². The van der Waals surface area contributed by atoms with Gasteiger partial charge in [0.1, 0.15) is 5.60 Å². The Bertz CT molecular complexity index is 795. The second-order valence-corrected chi connectivity index (χ2v) is 7.28. The van der Waals surface area contributed by atoms with Crippen molar-refractivity contribution >= 4 is 5.91 Å². The minimum Gasteiger partial charge on any atom is -0.459 e. The Balaban J connectivity index is 1.32. The molecule has 1 atom stereocenters. The number of hydrogen-bond donors (Lipinski definition) is 0. The standard InChI is InChI=1S/C20H24N2O4/c1-14-6-8-25-18(14)19(23)22-12-20(13-22)16(7-9-26-20)10-24-11-17-5-3-4-15(2)21-17/h3-6,8,16H,7,9-13H2,1-2H3/t16-/m1/s1. The van der Waals surface area contributed by atoms with Crippen LogP contribution in [0.3, 0.4) is 0 Å². The van der Waals surface area contributed by atoms with Gasteiger partial charge >= 0.3 is 0 Å². The van der Waals surface area contributed by atoms with E-state index in [0.29, 0.717) is 38.0 Å². The lowest BCUT2D eigenvalue weighted by Gasteiger charge is -2.49. The van der Waals surface area contributed by atoms with E-state index in [1.807, 2.05) is 38.1 Å². The lowest BCUT2D eigenvalue weighted by molar-refractivity contribution is -0.129. The first-order valence-corrected chi connectivity index (χ1v) is 9.05. The molecule has 26 heavy (non-hydrogen) atoms. The molecule has 0 saturated carbocycles. The summed E-state index contributed by atoms with van der Waals surface area (Å²) in [6.45, 7) is 6.90. The predicted octanol–water partition coefficient (Wildman–Crippen LogP) is 2.74. The molecule has 2 aromatic rings. The monoisotopic (exact) mass is 356 g/mol. The molecule has 138 valence electrons. The normalized spacial score (nSPS) is 21.2. The summed E-state index contributed by atoms with van der Waals surface area (Å²) in [4.78, 5) is 18.8. The van der Waals surface area contributed by atoms with E-state index in [1.54, 1.807) is 11.2 Å². The highest BCUT2D eigenvalue weighted by Crippen LogP contribution is 2.40. The Morgan fingerprint density at radius 1 is 1.35 bits per heavy atom. The summed E-state index contributed by atoms with van der Waals surface area (Å²) < 4.78 is 17.3. The summed E-state index contributed by atoms with van der Waals surface area (Å²) in [5, 5.41) is 0. The zero-order valence-corrected chi connectivity index (χ0v) is 15.2. The van der Waals surface area contributed by atoms with Crippen molar-refractivity contribution in [2.24, 2.45) is 5.92 Å². The van der Waals surface area contributed by atoms with Crippen molar-refractivity contribution in [2.45, 2.75) is 32.5 Å². The van der Waals surface area contributed by atoms with Crippen LogP contribution >= 0.6 is 0 Å². The number of furan rings is 1. The number of carbonyl (C=O) groups is 1. The van der Waals surface area contributed by atoms with E-state index in [4.69, 9.17) is 13.9 Å². The molecule has 0 unspecified atom stereocenters. The number of nitrogens with zero attached hydrogens (tertiary/aromatic N) is 2. The second-order valence-electron chi connectivity index (χ2n) is 7.28.